The molecule has 0 bridgehead atoms. The molecule has 30 heavy (non-hydrogen) atoms. The predicted octanol–water partition coefficient (Wildman–Crippen LogP) is 4.11. The van der Waals surface area contributed by atoms with Gasteiger partial charge in [-0.1, -0.05) is 49.1 Å². The van der Waals surface area contributed by atoms with Crippen LogP contribution in [0, 0.1) is 0 Å². The highest BCUT2D eigenvalue weighted by atomic mass is 16.5. The highest BCUT2D eigenvalue weighted by Crippen LogP contribution is 2.22. The molecule has 0 aliphatic heterocycles. The quantitative estimate of drug-likeness (QED) is 0.302. The number of rotatable bonds is 16. The van der Waals surface area contributed by atoms with Gasteiger partial charge in [0.05, 0.1) is 18.1 Å². The summed E-state index contributed by atoms with van der Waals surface area (Å²) in [5.74, 6) is -0.645. The van der Waals surface area contributed by atoms with Crippen LogP contribution in [0.3, 0.4) is 0 Å². The Morgan fingerprint density at radius 2 is 1.80 bits per heavy atom. The molecule has 5 heteroatoms. The first-order valence-electron chi connectivity index (χ1n) is 16.5. The summed E-state index contributed by atoms with van der Waals surface area (Å²) in [5, 5.41) is 31.8. The van der Waals surface area contributed by atoms with Crippen LogP contribution >= 0.6 is 0 Å². The van der Waals surface area contributed by atoms with Crippen LogP contribution in [0.25, 0.3) is 0 Å². The Hall–Kier alpha value is -1.92. The summed E-state index contributed by atoms with van der Waals surface area (Å²) < 4.78 is 118. The molecule has 166 valence electrons. The maximum absolute atomic E-state index is 10.5. The van der Waals surface area contributed by atoms with Crippen molar-refractivity contribution in [2.24, 2.45) is 0 Å². The van der Waals surface area contributed by atoms with Gasteiger partial charge in [0.1, 0.15) is 5.75 Å². The van der Waals surface area contributed by atoms with Crippen LogP contribution in [0.2, 0.25) is 0 Å². The van der Waals surface area contributed by atoms with Crippen molar-refractivity contribution in [2.45, 2.75) is 57.4 Å². The molecule has 0 heterocycles. The van der Waals surface area contributed by atoms with Gasteiger partial charge in [0, 0.05) is 39.0 Å². The fourth-order valence-corrected chi connectivity index (χ4v) is 2.51. The minimum atomic E-state index is -4.05. The second kappa shape index (κ2) is 15.0. The largest absolute Gasteiger partial charge is 0.508 e. The first kappa shape index (κ1) is 11.1. The smallest absolute Gasteiger partial charge is 0.121 e. The van der Waals surface area contributed by atoms with Crippen LogP contribution in [0.15, 0.2) is 48.5 Å². The molecule has 0 aromatic heterocycles. The normalized spacial score (nSPS) is 22.5. The van der Waals surface area contributed by atoms with Crippen molar-refractivity contribution in [3.8, 4) is 5.75 Å². The third-order valence-corrected chi connectivity index (χ3v) is 4.09. The number of benzene rings is 2. The van der Waals surface area contributed by atoms with Gasteiger partial charge in [-0.3, -0.25) is 0 Å². The van der Waals surface area contributed by atoms with Gasteiger partial charge in [-0.2, -0.15) is 0 Å². The Morgan fingerprint density at radius 1 is 1.00 bits per heavy atom. The first-order chi connectivity index (χ1) is 19.8. The molecule has 0 fully saturated rings. The Bertz CT molecular complexity index is 1240. The fourth-order valence-electron chi connectivity index (χ4n) is 2.51. The minimum Gasteiger partial charge on any atom is -0.508 e. The summed E-state index contributed by atoms with van der Waals surface area (Å²) in [6.07, 6.45) is -16.1. The number of aliphatic hydroxyl groups is 2. The van der Waals surface area contributed by atoms with Crippen LogP contribution in [0.1, 0.15) is 80.3 Å². The molecule has 0 spiro atoms. The Morgan fingerprint density at radius 3 is 2.60 bits per heavy atom. The lowest BCUT2D eigenvalue weighted by atomic mass is 10.1. The summed E-state index contributed by atoms with van der Waals surface area (Å²) in [7, 11) is 0. The van der Waals surface area contributed by atoms with E-state index in [4.69, 9.17) is 23.9 Å². The first-order valence-corrected chi connectivity index (χ1v) is 9.50. The molecule has 0 aliphatic rings. The van der Waals surface area contributed by atoms with E-state index in [0.29, 0.717) is 12.8 Å². The Balaban J connectivity index is 2.17. The van der Waals surface area contributed by atoms with Crippen LogP contribution in [0.5, 0.6) is 5.75 Å². The van der Waals surface area contributed by atoms with Gasteiger partial charge in [-0.05, 0) is 61.8 Å². The summed E-state index contributed by atoms with van der Waals surface area (Å²) in [6, 6.07) is 12.2. The molecule has 4 N–H and O–H groups in total. The molecule has 0 aliphatic carbocycles. The van der Waals surface area contributed by atoms with Crippen LogP contribution < -0.4 is 5.32 Å². The molecule has 1 atom stereocenters. The van der Waals surface area contributed by atoms with Gasteiger partial charge in [0.25, 0.3) is 0 Å². The van der Waals surface area contributed by atoms with Gasteiger partial charge in [-0.15, -0.1) is 0 Å². The number of nitrogens with one attached hydrogen (secondary N) is 1. The molecule has 2 aromatic carbocycles. The topological polar surface area (TPSA) is 82.0 Å². The van der Waals surface area contributed by atoms with E-state index >= 15 is 0 Å². The maximum atomic E-state index is 10.5. The van der Waals surface area contributed by atoms with Crippen molar-refractivity contribution >= 4 is 0 Å². The predicted molar refractivity (Wildman–Crippen MR) is 121 cm³/mol. The standard InChI is InChI=1S/C25H37NO4/c27-20-23-18-22(13-14-24(23)28)25(29)19-26-15-7-1-2-8-16-30-17-9-6-12-21-10-4-3-5-11-21/h3-5,10-11,13-14,18,25-29H,1-2,6-9,12,15-17,19-20H2/i1D2,2D2,7D2,8D2,15D2,16D2,20D2. The summed E-state index contributed by atoms with van der Waals surface area (Å²) in [6.45, 7) is -11.2. The molecule has 2 rings (SSSR count). The molecule has 0 amide bonds. The van der Waals surface area contributed by atoms with Crippen molar-refractivity contribution < 1.29 is 39.2 Å². The van der Waals surface area contributed by atoms with Crippen molar-refractivity contribution in [3.05, 3.63) is 65.2 Å². The number of aromatic hydroxyl groups is 1. The summed E-state index contributed by atoms with van der Waals surface area (Å²) in [5.41, 5.74) is 0.240. The van der Waals surface area contributed by atoms with Gasteiger partial charge in [-0.25, -0.2) is 0 Å². The van der Waals surface area contributed by atoms with E-state index in [1.807, 2.05) is 35.6 Å². The number of ether oxygens (including phenoxy) is 1. The fraction of sp³-hybridized carbons (Fsp3) is 0.520. The number of unbranched alkanes of at least 4 members (excludes halogenated alkanes) is 1. The molecule has 1 unspecified atom stereocenters. The van der Waals surface area contributed by atoms with E-state index in [1.54, 1.807) is 0 Å². The third-order valence-electron chi connectivity index (χ3n) is 4.09. The van der Waals surface area contributed by atoms with Gasteiger partial charge in [0.2, 0.25) is 0 Å². The van der Waals surface area contributed by atoms with E-state index in [-0.39, 0.29) is 18.6 Å². The zero-order valence-electron chi connectivity index (χ0n) is 30.5. The van der Waals surface area contributed by atoms with Gasteiger partial charge < -0.3 is 25.4 Å². The average Bonchev–Trinajstić information content (AvgIpc) is 2.91. The second-order valence-corrected chi connectivity index (χ2v) is 6.30. The molecule has 0 saturated heterocycles. The molecular formula is C25H37NO4. The van der Waals surface area contributed by atoms with E-state index < -0.39 is 69.1 Å². The van der Waals surface area contributed by atoms with E-state index in [0.717, 1.165) is 23.8 Å². The second-order valence-electron chi connectivity index (χ2n) is 6.30. The third kappa shape index (κ3) is 9.72. The number of phenols is 1. The molecule has 0 saturated carbocycles. The van der Waals surface area contributed by atoms with Crippen molar-refractivity contribution in [1.82, 2.24) is 5.32 Å². The minimum absolute atomic E-state index is 0.150. The van der Waals surface area contributed by atoms with E-state index in [2.05, 4.69) is 0 Å². The molecule has 2 aromatic rings. The number of hydrogen-bond donors (Lipinski definition) is 4. The average molecular weight is 430 g/mol. The van der Waals surface area contributed by atoms with Crippen molar-refractivity contribution in [3.63, 3.8) is 0 Å². The number of aryl methyl sites for hydroxylation is 1. The van der Waals surface area contributed by atoms with Crippen LogP contribution in [0.4, 0.5) is 0 Å². The van der Waals surface area contributed by atoms with Gasteiger partial charge >= 0.3 is 0 Å². The highest BCUT2D eigenvalue weighted by molar-refractivity contribution is 5.36. The van der Waals surface area contributed by atoms with Crippen LogP contribution in [-0.2, 0) is 17.7 Å². The van der Waals surface area contributed by atoms with E-state index in [1.165, 1.54) is 0 Å². The SMILES string of the molecule is [2H]C([2H])(O)c1cc(C(O)CNC([2H])([2H])C([2H])([2H])C([2H])([2H])C([2H])([2H])C([2H])([2H])C([2H])([2H])OCCCCc2ccccc2)ccc1O. The van der Waals surface area contributed by atoms with Crippen LogP contribution in [-0.4, -0.2) is 41.5 Å². The Labute approximate surface area is 200 Å². The Kier molecular flexibility index (Phi) is 5.54. The molecule has 0 radical (unpaired) electrons. The maximum Gasteiger partial charge on any atom is 0.121 e. The molecular weight excluding hydrogens is 378 g/mol. The zero-order chi connectivity index (χ0) is 34.0. The highest BCUT2D eigenvalue weighted by Gasteiger charge is 2.09. The van der Waals surface area contributed by atoms with Gasteiger partial charge in [0.15, 0.2) is 0 Å². The van der Waals surface area contributed by atoms with E-state index in [9.17, 15) is 15.3 Å². The van der Waals surface area contributed by atoms with Crippen molar-refractivity contribution in [1.29, 1.82) is 0 Å². The number of hydrogen-bond acceptors (Lipinski definition) is 5. The number of aliphatic hydroxyl groups excluding tert-OH is 1. The lowest BCUT2D eigenvalue weighted by Gasteiger charge is -2.14. The molecule has 5 nitrogen and oxygen atoms in total. The monoisotopic (exact) mass is 429 g/mol. The van der Waals surface area contributed by atoms with Crippen molar-refractivity contribution in [2.75, 3.05) is 26.2 Å². The lowest BCUT2D eigenvalue weighted by Crippen LogP contribution is -2.22. The summed E-state index contributed by atoms with van der Waals surface area (Å²) >= 11 is 0. The zero-order valence-corrected chi connectivity index (χ0v) is 16.5. The lowest BCUT2D eigenvalue weighted by molar-refractivity contribution is 0.126. The summed E-state index contributed by atoms with van der Waals surface area (Å²) in [4.78, 5) is 0.